The molecule has 6 heteroatoms. The number of likely N-dealkylation sites (tertiary alicyclic amines) is 1. The fraction of sp³-hybridized carbons (Fsp3) is 0.600. The summed E-state index contributed by atoms with van der Waals surface area (Å²) >= 11 is 0. The number of amides is 1. The molecule has 0 spiro atoms. The Morgan fingerprint density at radius 2 is 2.14 bits per heavy atom. The van der Waals surface area contributed by atoms with E-state index in [0.29, 0.717) is 12.2 Å². The molecule has 1 amide bonds. The van der Waals surface area contributed by atoms with E-state index >= 15 is 0 Å². The maximum Gasteiger partial charge on any atom is 0.303 e. The highest BCUT2D eigenvalue weighted by atomic mass is 16.4. The zero-order chi connectivity index (χ0) is 15.4. The van der Waals surface area contributed by atoms with Gasteiger partial charge in [0, 0.05) is 31.3 Å². The Bertz CT molecular complexity index is 545. The van der Waals surface area contributed by atoms with Gasteiger partial charge in [-0.3, -0.25) is 9.59 Å². The van der Waals surface area contributed by atoms with Gasteiger partial charge in [0.25, 0.3) is 0 Å². The summed E-state index contributed by atoms with van der Waals surface area (Å²) in [6, 6.07) is 1.73. The van der Waals surface area contributed by atoms with E-state index in [9.17, 15) is 9.59 Å². The van der Waals surface area contributed by atoms with Crippen molar-refractivity contribution in [2.24, 2.45) is 0 Å². The van der Waals surface area contributed by atoms with E-state index in [2.05, 4.69) is 9.97 Å². The van der Waals surface area contributed by atoms with Crippen LogP contribution in [0.3, 0.4) is 0 Å². The van der Waals surface area contributed by atoms with Crippen LogP contribution >= 0.6 is 0 Å². The molecule has 2 rings (SSSR count). The fourth-order valence-corrected chi connectivity index (χ4v) is 2.75. The lowest BCUT2D eigenvalue weighted by Crippen LogP contribution is -2.38. The van der Waals surface area contributed by atoms with Crippen LogP contribution in [0.5, 0.6) is 0 Å². The highest BCUT2D eigenvalue weighted by Gasteiger charge is 2.28. The van der Waals surface area contributed by atoms with E-state index in [1.54, 1.807) is 6.92 Å². The molecule has 1 aromatic rings. The van der Waals surface area contributed by atoms with Gasteiger partial charge in [0.05, 0.1) is 12.5 Å². The van der Waals surface area contributed by atoms with Gasteiger partial charge in [-0.2, -0.15) is 0 Å². The summed E-state index contributed by atoms with van der Waals surface area (Å²) in [6.07, 6.45) is 3.36. The average Bonchev–Trinajstić information content (AvgIpc) is 2.44. The molecule has 2 heterocycles. The Balaban J connectivity index is 2.24. The van der Waals surface area contributed by atoms with Gasteiger partial charge in [-0.05, 0) is 32.3 Å². The second-order valence-corrected chi connectivity index (χ2v) is 5.48. The Kier molecular flexibility index (Phi) is 4.88. The fourth-order valence-electron chi connectivity index (χ4n) is 2.75. The molecular weight excluding hydrogens is 270 g/mol. The summed E-state index contributed by atoms with van der Waals surface area (Å²) in [5.41, 5.74) is 1.54. The highest BCUT2D eigenvalue weighted by molar-refractivity contribution is 5.73. The topological polar surface area (TPSA) is 83.4 Å². The normalized spacial score (nSPS) is 18.6. The molecule has 0 aromatic carbocycles. The number of piperidine rings is 1. The number of carboxylic acid groups (broad SMARTS) is 1. The van der Waals surface area contributed by atoms with E-state index in [1.165, 1.54) is 0 Å². The molecule has 1 saturated heterocycles. The predicted octanol–water partition coefficient (Wildman–Crippen LogP) is 1.88. The number of carboxylic acids is 1. The van der Waals surface area contributed by atoms with Gasteiger partial charge in [0.1, 0.15) is 0 Å². The number of hydrogen-bond acceptors (Lipinski definition) is 4. The summed E-state index contributed by atoms with van der Waals surface area (Å²) in [5, 5.41) is 8.78. The SMILES string of the molecule is CC(=O)N1CCCC[C@H]1c1nc(C)cc(CCC(=O)O)n1. The monoisotopic (exact) mass is 291 g/mol. The van der Waals surface area contributed by atoms with Crippen molar-refractivity contribution >= 4 is 11.9 Å². The second-order valence-electron chi connectivity index (χ2n) is 5.48. The van der Waals surface area contributed by atoms with Crippen molar-refractivity contribution in [3.8, 4) is 0 Å². The van der Waals surface area contributed by atoms with E-state index in [4.69, 9.17) is 5.11 Å². The molecule has 0 bridgehead atoms. The Morgan fingerprint density at radius 3 is 2.81 bits per heavy atom. The van der Waals surface area contributed by atoms with Gasteiger partial charge < -0.3 is 10.0 Å². The summed E-state index contributed by atoms with van der Waals surface area (Å²) in [6.45, 7) is 4.18. The zero-order valence-corrected chi connectivity index (χ0v) is 12.5. The Hall–Kier alpha value is -1.98. The maximum atomic E-state index is 11.8. The minimum Gasteiger partial charge on any atom is -0.481 e. The van der Waals surface area contributed by atoms with Crippen LogP contribution in [-0.2, 0) is 16.0 Å². The van der Waals surface area contributed by atoms with Crippen molar-refractivity contribution < 1.29 is 14.7 Å². The van der Waals surface area contributed by atoms with Gasteiger partial charge in [-0.15, -0.1) is 0 Å². The van der Waals surface area contributed by atoms with Crippen LogP contribution in [0.15, 0.2) is 6.07 Å². The van der Waals surface area contributed by atoms with Crippen LogP contribution in [0.4, 0.5) is 0 Å². The first-order valence-electron chi connectivity index (χ1n) is 7.31. The maximum absolute atomic E-state index is 11.8. The molecule has 21 heavy (non-hydrogen) atoms. The van der Waals surface area contributed by atoms with Crippen LogP contribution in [0.1, 0.15) is 55.9 Å². The molecule has 114 valence electrons. The lowest BCUT2D eigenvalue weighted by Gasteiger charge is -2.34. The molecule has 1 N–H and O–H groups in total. The summed E-state index contributed by atoms with van der Waals surface area (Å²) in [4.78, 5) is 33.2. The Labute approximate surface area is 124 Å². The number of rotatable bonds is 4. The van der Waals surface area contributed by atoms with Gasteiger partial charge in [0.15, 0.2) is 5.82 Å². The number of carbonyl (C=O) groups excluding carboxylic acids is 1. The Morgan fingerprint density at radius 1 is 1.38 bits per heavy atom. The third kappa shape index (κ3) is 4.00. The molecular formula is C15H21N3O3. The molecule has 1 fully saturated rings. The molecule has 0 aliphatic carbocycles. The third-order valence-corrected chi connectivity index (χ3v) is 3.72. The van der Waals surface area contributed by atoms with E-state index < -0.39 is 5.97 Å². The van der Waals surface area contributed by atoms with Crippen LogP contribution in [-0.4, -0.2) is 38.4 Å². The third-order valence-electron chi connectivity index (χ3n) is 3.72. The molecule has 1 aliphatic rings. The van der Waals surface area contributed by atoms with Crippen molar-refractivity contribution in [1.29, 1.82) is 0 Å². The lowest BCUT2D eigenvalue weighted by atomic mass is 10.0. The summed E-state index contributed by atoms with van der Waals surface area (Å²) in [5.74, 6) is -0.155. The summed E-state index contributed by atoms with van der Waals surface area (Å²) < 4.78 is 0. The lowest BCUT2D eigenvalue weighted by molar-refractivity contribution is -0.137. The minimum absolute atomic E-state index is 0.0388. The quantitative estimate of drug-likeness (QED) is 0.915. The second kappa shape index (κ2) is 6.65. The zero-order valence-electron chi connectivity index (χ0n) is 12.5. The standard InChI is InChI=1S/C15H21N3O3/c1-10-9-12(6-7-14(20)21)17-15(16-10)13-5-3-4-8-18(13)11(2)19/h9,13H,3-8H2,1-2H3,(H,20,21)/t13-/m0/s1. The van der Waals surface area contributed by atoms with E-state index in [1.807, 2.05) is 17.9 Å². The molecule has 1 aliphatic heterocycles. The van der Waals surface area contributed by atoms with Crippen molar-refractivity contribution in [2.75, 3.05) is 6.54 Å². The minimum atomic E-state index is -0.837. The van der Waals surface area contributed by atoms with Crippen molar-refractivity contribution in [3.05, 3.63) is 23.3 Å². The molecule has 6 nitrogen and oxygen atoms in total. The first kappa shape index (κ1) is 15.4. The van der Waals surface area contributed by atoms with Crippen LogP contribution in [0, 0.1) is 6.92 Å². The number of carbonyl (C=O) groups is 2. The average molecular weight is 291 g/mol. The molecule has 0 saturated carbocycles. The van der Waals surface area contributed by atoms with Crippen molar-refractivity contribution in [2.45, 2.75) is 52.0 Å². The first-order chi connectivity index (χ1) is 9.97. The van der Waals surface area contributed by atoms with E-state index in [0.717, 1.165) is 37.2 Å². The molecule has 1 atom stereocenters. The number of aliphatic carboxylic acids is 1. The summed E-state index contributed by atoms with van der Waals surface area (Å²) in [7, 11) is 0. The number of nitrogens with zero attached hydrogens (tertiary/aromatic N) is 3. The predicted molar refractivity (Wildman–Crippen MR) is 76.7 cm³/mol. The van der Waals surface area contributed by atoms with Crippen molar-refractivity contribution in [3.63, 3.8) is 0 Å². The smallest absolute Gasteiger partial charge is 0.303 e. The number of aryl methyl sites for hydroxylation is 2. The van der Waals surface area contributed by atoms with E-state index in [-0.39, 0.29) is 18.4 Å². The molecule has 0 radical (unpaired) electrons. The van der Waals surface area contributed by atoms with Crippen LogP contribution < -0.4 is 0 Å². The molecule has 0 unspecified atom stereocenters. The van der Waals surface area contributed by atoms with Crippen LogP contribution in [0.25, 0.3) is 0 Å². The van der Waals surface area contributed by atoms with Crippen LogP contribution in [0.2, 0.25) is 0 Å². The number of hydrogen-bond donors (Lipinski definition) is 1. The highest BCUT2D eigenvalue weighted by Crippen LogP contribution is 2.29. The van der Waals surface area contributed by atoms with Crippen molar-refractivity contribution in [1.82, 2.24) is 14.9 Å². The molecule has 1 aromatic heterocycles. The van der Waals surface area contributed by atoms with Gasteiger partial charge in [0.2, 0.25) is 5.91 Å². The number of aromatic nitrogens is 2. The first-order valence-corrected chi connectivity index (χ1v) is 7.31. The largest absolute Gasteiger partial charge is 0.481 e. The van der Waals surface area contributed by atoms with Gasteiger partial charge in [-0.1, -0.05) is 0 Å². The van der Waals surface area contributed by atoms with Gasteiger partial charge >= 0.3 is 5.97 Å². The van der Waals surface area contributed by atoms with Gasteiger partial charge in [-0.25, -0.2) is 9.97 Å².